The molecule has 0 spiro atoms. The van der Waals surface area contributed by atoms with E-state index in [1.807, 2.05) is 13.8 Å². The van der Waals surface area contributed by atoms with Crippen molar-refractivity contribution in [2.75, 3.05) is 0 Å². The van der Waals surface area contributed by atoms with Crippen LogP contribution in [0.2, 0.25) is 0 Å². The van der Waals surface area contributed by atoms with Gasteiger partial charge in [0.2, 0.25) is 0 Å². The molecular formula is C13H25N3. The van der Waals surface area contributed by atoms with Gasteiger partial charge in [-0.3, -0.25) is 5.43 Å². The molecule has 3 nitrogen and oxygen atoms in total. The van der Waals surface area contributed by atoms with Crippen molar-refractivity contribution in [1.82, 2.24) is 5.43 Å². The molecule has 2 aliphatic rings. The second-order valence-corrected chi connectivity index (χ2v) is 4.38. The predicted octanol–water partition coefficient (Wildman–Crippen LogP) is 2.78. The van der Waals surface area contributed by atoms with Crippen molar-refractivity contribution in [3.8, 4) is 0 Å². The Hall–Kier alpha value is -0.830. The Labute approximate surface area is 99.2 Å². The van der Waals surface area contributed by atoms with Gasteiger partial charge in [0.1, 0.15) is 0 Å². The molecule has 0 aromatic carbocycles. The smallest absolute Gasteiger partial charge is 0.0319 e. The molecule has 1 saturated carbocycles. The highest BCUT2D eigenvalue weighted by Gasteiger charge is 2.21. The maximum Gasteiger partial charge on any atom is 0.0319 e. The minimum Gasteiger partial charge on any atom is -0.328 e. The molecule has 3 N–H and O–H groups in total. The Bertz CT molecular complexity index is 268. The predicted molar refractivity (Wildman–Crippen MR) is 70.2 cm³/mol. The lowest BCUT2D eigenvalue weighted by Crippen LogP contribution is -2.27. The molecule has 1 heterocycles. The van der Waals surface area contributed by atoms with Crippen LogP contribution in [0.25, 0.3) is 0 Å². The van der Waals surface area contributed by atoms with Gasteiger partial charge >= 0.3 is 0 Å². The van der Waals surface area contributed by atoms with Crippen LogP contribution in [-0.4, -0.2) is 12.3 Å². The third kappa shape index (κ3) is 3.34. The first-order chi connectivity index (χ1) is 7.77. The van der Waals surface area contributed by atoms with Gasteiger partial charge in [0.25, 0.3) is 0 Å². The van der Waals surface area contributed by atoms with Crippen LogP contribution in [0.5, 0.6) is 0 Å². The highest BCUT2D eigenvalue weighted by Crippen LogP contribution is 2.29. The molecule has 1 aliphatic carbocycles. The molecule has 0 saturated heterocycles. The molecule has 0 amide bonds. The van der Waals surface area contributed by atoms with Gasteiger partial charge < -0.3 is 5.73 Å². The zero-order valence-electron chi connectivity index (χ0n) is 10.8. The summed E-state index contributed by atoms with van der Waals surface area (Å²) in [4.78, 5) is 0. The minimum atomic E-state index is 0.398. The minimum absolute atomic E-state index is 0.398. The topological polar surface area (TPSA) is 50.4 Å². The van der Waals surface area contributed by atoms with Crippen molar-refractivity contribution in [2.45, 2.75) is 58.9 Å². The summed E-state index contributed by atoms with van der Waals surface area (Å²) in [6.45, 7) is 6.12. The van der Waals surface area contributed by atoms with Crippen LogP contribution in [0.15, 0.2) is 16.4 Å². The van der Waals surface area contributed by atoms with E-state index in [4.69, 9.17) is 5.73 Å². The van der Waals surface area contributed by atoms with Crippen LogP contribution in [0.1, 0.15) is 52.9 Å². The number of hydrogen-bond acceptors (Lipinski definition) is 3. The van der Waals surface area contributed by atoms with Gasteiger partial charge in [-0.1, -0.05) is 20.3 Å². The third-order valence-electron chi connectivity index (χ3n) is 3.29. The highest BCUT2D eigenvalue weighted by atomic mass is 15.3. The lowest BCUT2D eigenvalue weighted by Gasteiger charge is -2.27. The van der Waals surface area contributed by atoms with Crippen molar-refractivity contribution in [1.29, 1.82) is 0 Å². The zero-order valence-corrected chi connectivity index (χ0v) is 10.8. The van der Waals surface area contributed by atoms with E-state index in [9.17, 15) is 0 Å². The summed E-state index contributed by atoms with van der Waals surface area (Å²) in [7, 11) is 0. The van der Waals surface area contributed by atoms with Crippen molar-refractivity contribution < 1.29 is 0 Å². The van der Waals surface area contributed by atoms with E-state index in [0.717, 1.165) is 12.8 Å². The first kappa shape index (κ1) is 13.2. The number of hydrogen-bond donors (Lipinski definition) is 2. The zero-order chi connectivity index (χ0) is 12.0. The first-order valence-electron chi connectivity index (χ1n) is 6.52. The van der Waals surface area contributed by atoms with E-state index in [1.165, 1.54) is 30.5 Å². The van der Waals surface area contributed by atoms with Crippen molar-refractivity contribution in [3.63, 3.8) is 0 Å². The Kier molecular flexibility index (Phi) is 5.53. The van der Waals surface area contributed by atoms with Gasteiger partial charge in [-0.25, -0.2) is 0 Å². The summed E-state index contributed by atoms with van der Waals surface area (Å²) < 4.78 is 0. The molecule has 2 unspecified atom stereocenters. The summed E-state index contributed by atoms with van der Waals surface area (Å²) in [5, 5.41) is 4.17. The number of allylic oxidation sites excluding steroid dienone is 2. The Balaban J connectivity index is 0.000000606. The summed E-state index contributed by atoms with van der Waals surface area (Å²) in [6, 6.07) is 0.398. The van der Waals surface area contributed by atoms with E-state index in [0.29, 0.717) is 12.0 Å². The van der Waals surface area contributed by atoms with Crippen molar-refractivity contribution in [3.05, 3.63) is 11.3 Å². The summed E-state index contributed by atoms with van der Waals surface area (Å²) >= 11 is 0. The largest absolute Gasteiger partial charge is 0.328 e. The Morgan fingerprint density at radius 2 is 2.06 bits per heavy atom. The van der Waals surface area contributed by atoms with Gasteiger partial charge in [-0.2, -0.15) is 5.10 Å². The fourth-order valence-corrected chi connectivity index (χ4v) is 2.37. The van der Waals surface area contributed by atoms with Gasteiger partial charge in [0.05, 0.1) is 0 Å². The third-order valence-corrected chi connectivity index (χ3v) is 3.29. The Morgan fingerprint density at radius 3 is 2.81 bits per heavy atom. The second kappa shape index (κ2) is 6.69. The number of rotatable bonds is 0. The first-order valence-corrected chi connectivity index (χ1v) is 6.52. The van der Waals surface area contributed by atoms with Gasteiger partial charge in [0, 0.05) is 23.9 Å². The van der Waals surface area contributed by atoms with Gasteiger partial charge in [0.15, 0.2) is 0 Å². The van der Waals surface area contributed by atoms with Gasteiger partial charge in [-0.15, -0.1) is 0 Å². The normalized spacial score (nSPS) is 29.2. The van der Waals surface area contributed by atoms with Crippen LogP contribution in [0.4, 0.5) is 0 Å². The van der Waals surface area contributed by atoms with E-state index >= 15 is 0 Å². The molecule has 0 bridgehead atoms. The average molecular weight is 223 g/mol. The van der Waals surface area contributed by atoms with E-state index < -0.39 is 0 Å². The molecule has 2 rings (SSSR count). The van der Waals surface area contributed by atoms with Crippen molar-refractivity contribution in [2.24, 2.45) is 16.8 Å². The fraction of sp³-hybridized carbons (Fsp3) is 0.769. The molecule has 0 radical (unpaired) electrons. The van der Waals surface area contributed by atoms with Crippen LogP contribution < -0.4 is 11.2 Å². The highest BCUT2D eigenvalue weighted by molar-refractivity contribution is 5.66. The molecule has 1 aliphatic heterocycles. The molecule has 0 aromatic rings. The van der Waals surface area contributed by atoms with E-state index in [-0.39, 0.29) is 0 Å². The number of nitrogens with two attached hydrogens (primary N) is 1. The quantitative estimate of drug-likeness (QED) is 0.663. The number of nitrogens with one attached hydrogen (secondary N) is 1. The van der Waals surface area contributed by atoms with E-state index in [1.54, 1.807) is 0 Å². The molecule has 92 valence electrons. The summed E-state index contributed by atoms with van der Waals surface area (Å²) in [6.07, 6.45) is 7.93. The maximum absolute atomic E-state index is 5.99. The molecule has 0 aromatic heterocycles. The number of hydrazone groups is 1. The maximum atomic E-state index is 5.99. The van der Waals surface area contributed by atoms with Gasteiger partial charge in [-0.05, 0) is 38.2 Å². The molecule has 1 fully saturated rings. The second-order valence-electron chi connectivity index (χ2n) is 4.38. The Morgan fingerprint density at radius 1 is 1.31 bits per heavy atom. The lowest BCUT2D eigenvalue weighted by molar-refractivity contribution is 0.467. The number of nitrogens with zero attached hydrogens (tertiary/aromatic N) is 1. The summed E-state index contributed by atoms with van der Waals surface area (Å²) in [5.41, 5.74) is 11.8. The molecule has 3 heteroatoms. The van der Waals surface area contributed by atoms with Crippen LogP contribution in [-0.2, 0) is 0 Å². The van der Waals surface area contributed by atoms with E-state index in [2.05, 4.69) is 23.7 Å². The van der Waals surface area contributed by atoms with Crippen LogP contribution in [0, 0.1) is 5.92 Å². The SMILES string of the molecule is CC.CC1=C2CCC(N)CCCC2C=NN1. The summed E-state index contributed by atoms with van der Waals surface area (Å²) in [5.74, 6) is 0.573. The molecular weight excluding hydrogens is 198 g/mol. The van der Waals surface area contributed by atoms with Crippen LogP contribution >= 0.6 is 0 Å². The van der Waals surface area contributed by atoms with Crippen LogP contribution in [0.3, 0.4) is 0 Å². The fourth-order valence-electron chi connectivity index (χ4n) is 2.37. The monoisotopic (exact) mass is 223 g/mol. The molecule has 2 atom stereocenters. The number of fused-ring (bicyclic) bond motifs is 1. The average Bonchev–Trinajstić information content (AvgIpc) is 2.28. The lowest BCUT2D eigenvalue weighted by atomic mass is 9.84. The molecule has 16 heavy (non-hydrogen) atoms. The van der Waals surface area contributed by atoms with Crippen molar-refractivity contribution >= 4 is 6.21 Å². The standard InChI is InChI=1S/C11H19N3.C2H6/c1-8-11-6-5-10(12)4-2-3-9(11)7-13-14-8;1-2/h7,9-10,14H,2-6,12H2,1H3;1-2H3.